The maximum absolute atomic E-state index is 13.7. The molecule has 1 fully saturated rings. The van der Waals surface area contributed by atoms with Crippen molar-refractivity contribution in [2.45, 2.75) is 70.4 Å². The van der Waals surface area contributed by atoms with Crippen LogP contribution in [0, 0.1) is 0 Å². The molecule has 0 saturated heterocycles. The quantitative estimate of drug-likeness (QED) is 0.138. The van der Waals surface area contributed by atoms with Crippen LogP contribution in [0.15, 0.2) is 78.9 Å². The van der Waals surface area contributed by atoms with Crippen LogP contribution in [-0.2, 0) is 4.79 Å². The molecule has 7 heteroatoms. The van der Waals surface area contributed by atoms with E-state index in [2.05, 4.69) is 19.2 Å². The van der Waals surface area contributed by atoms with E-state index in [0.29, 0.717) is 23.0 Å². The van der Waals surface area contributed by atoms with E-state index in [4.69, 9.17) is 5.11 Å². The summed E-state index contributed by atoms with van der Waals surface area (Å²) < 4.78 is 0. The smallest absolute Gasteiger partial charge is 0.307 e. The fraction of sp³-hybridized carbons (Fsp3) is 0.314. The third-order valence-corrected chi connectivity index (χ3v) is 7.76. The Morgan fingerprint density at radius 2 is 1.33 bits per heavy atom. The van der Waals surface area contributed by atoms with E-state index in [-0.39, 0.29) is 28.3 Å². The first-order valence-corrected chi connectivity index (χ1v) is 14.4. The highest BCUT2D eigenvalue weighted by molar-refractivity contribution is 6.32. The van der Waals surface area contributed by atoms with Gasteiger partial charge in [0.05, 0.1) is 6.42 Å². The van der Waals surface area contributed by atoms with Gasteiger partial charge < -0.3 is 15.5 Å². The number of carbonyl (C=O) groups excluding carboxylic acids is 3. The Morgan fingerprint density at radius 3 is 1.90 bits per heavy atom. The maximum Gasteiger partial charge on any atom is 0.307 e. The largest absolute Gasteiger partial charge is 0.481 e. The van der Waals surface area contributed by atoms with Crippen LogP contribution in [-0.4, -0.2) is 39.9 Å². The number of allylic oxidation sites excluding steroid dienone is 2. The van der Waals surface area contributed by atoms with Gasteiger partial charge in [0.25, 0.3) is 5.91 Å². The first-order valence-electron chi connectivity index (χ1n) is 14.4. The standard InChI is InChI=1S/C35H37NO6/c1-22(2)23-8-12-26(13-9-23)30(20-31(37)27-14-10-25(11-15-27)24-6-4-3-5-7-24)34(41)28-16-18-29(19-17-28)35(42)36-32(38)21-33(39)40/h8-20,22,24,32,38H,3-7,21H2,1-2H3,(H,36,42)(H,39,40)/b30-20-. The molecule has 0 bridgehead atoms. The summed E-state index contributed by atoms with van der Waals surface area (Å²) in [5.74, 6) is -1.74. The molecule has 0 spiro atoms. The van der Waals surface area contributed by atoms with E-state index in [1.807, 2.05) is 48.5 Å². The van der Waals surface area contributed by atoms with Crippen molar-refractivity contribution in [3.63, 3.8) is 0 Å². The molecule has 42 heavy (non-hydrogen) atoms. The van der Waals surface area contributed by atoms with Crippen molar-refractivity contribution in [3.05, 3.63) is 112 Å². The highest BCUT2D eigenvalue weighted by Gasteiger charge is 2.20. The Bertz CT molecular complexity index is 1450. The van der Waals surface area contributed by atoms with Crippen LogP contribution in [0.4, 0.5) is 0 Å². The van der Waals surface area contributed by atoms with Gasteiger partial charge in [-0.25, -0.2) is 0 Å². The summed E-state index contributed by atoms with van der Waals surface area (Å²) in [5.41, 5.74) is 4.13. The molecule has 1 saturated carbocycles. The van der Waals surface area contributed by atoms with Gasteiger partial charge in [-0.1, -0.05) is 93.8 Å². The molecule has 0 radical (unpaired) electrons. The fourth-order valence-corrected chi connectivity index (χ4v) is 5.28. The predicted octanol–water partition coefficient (Wildman–Crippen LogP) is 6.53. The van der Waals surface area contributed by atoms with Gasteiger partial charge in [0.2, 0.25) is 0 Å². The molecular weight excluding hydrogens is 530 g/mol. The molecule has 1 aliphatic carbocycles. The minimum Gasteiger partial charge on any atom is -0.481 e. The van der Waals surface area contributed by atoms with Gasteiger partial charge in [0, 0.05) is 22.3 Å². The molecule has 3 aromatic carbocycles. The Balaban J connectivity index is 1.60. The lowest BCUT2D eigenvalue weighted by Gasteiger charge is -2.22. The number of aliphatic hydroxyl groups is 1. The lowest BCUT2D eigenvalue weighted by atomic mass is 9.84. The number of hydrogen-bond donors (Lipinski definition) is 3. The molecule has 1 aliphatic rings. The van der Waals surface area contributed by atoms with E-state index >= 15 is 0 Å². The van der Waals surface area contributed by atoms with Crippen molar-refractivity contribution in [1.29, 1.82) is 0 Å². The second-order valence-electron chi connectivity index (χ2n) is 11.1. The van der Waals surface area contributed by atoms with Crippen LogP contribution < -0.4 is 5.32 Å². The molecule has 3 N–H and O–H groups in total. The number of aliphatic hydroxyl groups excluding tert-OH is 1. The van der Waals surface area contributed by atoms with Gasteiger partial charge in [0.1, 0.15) is 6.23 Å². The molecule has 0 heterocycles. The number of carboxylic acids is 1. The lowest BCUT2D eigenvalue weighted by Crippen LogP contribution is -2.36. The molecule has 4 rings (SSSR count). The highest BCUT2D eigenvalue weighted by Crippen LogP contribution is 2.33. The second kappa shape index (κ2) is 14.0. The Hall–Kier alpha value is -4.36. The third kappa shape index (κ3) is 7.89. The normalized spacial score (nSPS) is 14.8. The van der Waals surface area contributed by atoms with Gasteiger partial charge in [-0.15, -0.1) is 0 Å². The molecular formula is C35H37NO6. The predicted molar refractivity (Wildman–Crippen MR) is 162 cm³/mol. The molecule has 0 aromatic heterocycles. The molecule has 218 valence electrons. The molecule has 0 aliphatic heterocycles. The molecule has 3 aromatic rings. The van der Waals surface area contributed by atoms with Crippen molar-refractivity contribution in [2.24, 2.45) is 0 Å². The number of amides is 1. The van der Waals surface area contributed by atoms with E-state index in [1.165, 1.54) is 68.0 Å². The first kappa shape index (κ1) is 30.6. The lowest BCUT2D eigenvalue weighted by molar-refractivity contribution is -0.139. The van der Waals surface area contributed by atoms with Gasteiger partial charge in [-0.05, 0) is 59.6 Å². The topological polar surface area (TPSA) is 121 Å². The summed E-state index contributed by atoms with van der Waals surface area (Å²) in [7, 11) is 0. The zero-order valence-corrected chi connectivity index (χ0v) is 24.0. The van der Waals surface area contributed by atoms with Crippen LogP contribution >= 0.6 is 0 Å². The molecule has 1 amide bonds. The van der Waals surface area contributed by atoms with Gasteiger partial charge in [0.15, 0.2) is 11.6 Å². The summed E-state index contributed by atoms with van der Waals surface area (Å²) in [5, 5.41) is 20.7. The van der Waals surface area contributed by atoms with Gasteiger partial charge in [-0.2, -0.15) is 0 Å². The van der Waals surface area contributed by atoms with Crippen LogP contribution in [0.1, 0.15) is 112 Å². The monoisotopic (exact) mass is 567 g/mol. The Labute approximate surface area is 246 Å². The zero-order valence-electron chi connectivity index (χ0n) is 24.0. The summed E-state index contributed by atoms with van der Waals surface area (Å²) in [6.07, 6.45) is 5.28. The zero-order chi connectivity index (χ0) is 30.2. The minimum absolute atomic E-state index is 0.150. The molecule has 7 nitrogen and oxygen atoms in total. The number of benzene rings is 3. The van der Waals surface area contributed by atoms with Crippen molar-refractivity contribution in [1.82, 2.24) is 5.32 Å². The summed E-state index contributed by atoms with van der Waals surface area (Å²) in [6, 6.07) is 21.1. The average molecular weight is 568 g/mol. The van der Waals surface area contributed by atoms with Gasteiger partial charge >= 0.3 is 5.97 Å². The number of nitrogens with one attached hydrogen (secondary N) is 1. The Kier molecular flexibility index (Phi) is 10.2. The van der Waals surface area contributed by atoms with E-state index in [1.54, 1.807) is 0 Å². The number of rotatable bonds is 11. The SMILES string of the molecule is CC(C)c1ccc(/C(=C/C(=O)c2ccc(C3CCCCC3)cc2)C(=O)c2ccc(C(=O)NC(O)CC(=O)O)cc2)cc1. The number of carbonyl (C=O) groups is 4. The highest BCUT2D eigenvalue weighted by atomic mass is 16.4. The third-order valence-electron chi connectivity index (χ3n) is 7.76. The molecule has 1 atom stereocenters. The first-order chi connectivity index (χ1) is 20.1. The van der Waals surface area contributed by atoms with Crippen molar-refractivity contribution in [3.8, 4) is 0 Å². The minimum atomic E-state index is -1.54. The number of Topliss-reactive ketones (excluding diaryl/α,β-unsaturated/α-hetero) is 1. The van der Waals surface area contributed by atoms with Crippen LogP contribution in [0.3, 0.4) is 0 Å². The van der Waals surface area contributed by atoms with Crippen LogP contribution in [0.5, 0.6) is 0 Å². The summed E-state index contributed by atoms with van der Waals surface area (Å²) in [6.45, 7) is 4.16. The van der Waals surface area contributed by atoms with Crippen LogP contribution in [0.2, 0.25) is 0 Å². The second-order valence-corrected chi connectivity index (χ2v) is 11.1. The molecule has 1 unspecified atom stereocenters. The number of carboxylic acid groups (broad SMARTS) is 1. The van der Waals surface area contributed by atoms with E-state index in [9.17, 15) is 24.3 Å². The van der Waals surface area contributed by atoms with Crippen molar-refractivity contribution in [2.75, 3.05) is 0 Å². The van der Waals surface area contributed by atoms with E-state index in [0.717, 1.165) is 5.56 Å². The Morgan fingerprint density at radius 1 is 0.786 bits per heavy atom. The summed E-state index contributed by atoms with van der Waals surface area (Å²) in [4.78, 5) is 50.3. The number of aliphatic carboxylic acids is 1. The number of ketones is 2. The van der Waals surface area contributed by atoms with Gasteiger partial charge in [-0.3, -0.25) is 19.2 Å². The average Bonchev–Trinajstić information content (AvgIpc) is 2.99. The van der Waals surface area contributed by atoms with Crippen molar-refractivity contribution < 1.29 is 29.4 Å². The number of hydrogen-bond acceptors (Lipinski definition) is 5. The van der Waals surface area contributed by atoms with Crippen molar-refractivity contribution >= 4 is 29.0 Å². The maximum atomic E-state index is 13.7. The van der Waals surface area contributed by atoms with E-state index < -0.39 is 24.5 Å². The van der Waals surface area contributed by atoms with Crippen LogP contribution in [0.25, 0.3) is 5.57 Å². The summed E-state index contributed by atoms with van der Waals surface area (Å²) >= 11 is 0. The fourth-order valence-electron chi connectivity index (χ4n) is 5.28.